The number of primary amides is 1. The largest absolute Gasteiger partial charge is 0.507 e. The van der Waals surface area contributed by atoms with Crippen molar-refractivity contribution in [1.82, 2.24) is 9.80 Å². The molecule has 6 rings (SSSR count). The zero-order valence-electron chi connectivity index (χ0n) is 25.3. The molecule has 3 saturated carbocycles. The maximum Gasteiger partial charge on any atom is 0.235 e. The summed E-state index contributed by atoms with van der Waals surface area (Å²) in [5.41, 5.74) is 5.10. The third-order valence-corrected chi connectivity index (χ3v) is 11.0. The number of rotatable bonds is 5. The molecule has 0 radical (unpaired) electrons. The van der Waals surface area contributed by atoms with Gasteiger partial charge < -0.3 is 20.8 Å². The van der Waals surface area contributed by atoms with Crippen molar-refractivity contribution < 1.29 is 34.2 Å². The number of fused-ring (bicyclic) bond motifs is 4. The molecule has 1 aliphatic heterocycles. The van der Waals surface area contributed by atoms with E-state index in [0.717, 1.165) is 24.3 Å². The summed E-state index contributed by atoms with van der Waals surface area (Å²) in [5.74, 6) is -8.86. The number of Topliss-reactive ketones (excluding diaryl/α,β-unsaturated/α-hetero) is 4. The number of hydrogen-bond acceptors (Lipinski definition) is 10. The molecule has 0 spiro atoms. The number of carbonyl (C=O) groups is 5. The first-order valence-electron chi connectivity index (χ1n) is 15.4. The Morgan fingerprint density at radius 2 is 1.65 bits per heavy atom. The maximum atomic E-state index is 14.1. The highest BCUT2D eigenvalue weighted by atomic mass is 16.3. The van der Waals surface area contributed by atoms with Gasteiger partial charge in [-0.2, -0.15) is 0 Å². The third kappa shape index (κ3) is 4.37. The molecule has 5 aliphatic rings. The molecule has 4 aliphatic carbocycles. The monoisotopic (exact) mass is 594 g/mol. The lowest BCUT2D eigenvalue weighted by Crippen LogP contribution is -2.74. The van der Waals surface area contributed by atoms with E-state index in [1.54, 1.807) is 20.2 Å². The predicted octanol–water partition coefficient (Wildman–Crippen LogP) is 0.555. The number of amides is 1. The smallest absolute Gasteiger partial charge is 0.235 e. The van der Waals surface area contributed by atoms with Gasteiger partial charge in [0.2, 0.25) is 5.91 Å². The number of nitrogens with two attached hydrogens (primary N) is 1. The van der Waals surface area contributed by atoms with Gasteiger partial charge in [0.1, 0.15) is 5.75 Å². The Morgan fingerprint density at radius 3 is 2.21 bits per heavy atom. The Balaban J connectivity index is 1.40. The number of nitrogens with zero attached hydrogens (tertiary/aromatic N) is 3. The van der Waals surface area contributed by atoms with Crippen LogP contribution in [0.3, 0.4) is 0 Å². The highest BCUT2D eigenvalue weighted by Gasteiger charge is 2.69. The third-order valence-electron chi connectivity index (χ3n) is 11.0. The van der Waals surface area contributed by atoms with Crippen molar-refractivity contribution in [3.8, 4) is 5.75 Å². The van der Waals surface area contributed by atoms with E-state index in [2.05, 4.69) is 4.90 Å². The lowest BCUT2D eigenvalue weighted by Gasteiger charge is -2.52. The molecule has 4 N–H and O–H groups in total. The summed E-state index contributed by atoms with van der Waals surface area (Å²) in [6.45, 7) is 2.65. The van der Waals surface area contributed by atoms with Crippen LogP contribution in [0.1, 0.15) is 53.6 Å². The van der Waals surface area contributed by atoms with Crippen LogP contribution in [0.2, 0.25) is 0 Å². The number of phenolic OH excluding ortho intramolecular Hbond substituents is 1. The van der Waals surface area contributed by atoms with E-state index in [-0.39, 0.29) is 24.2 Å². The van der Waals surface area contributed by atoms with Crippen molar-refractivity contribution >= 4 is 34.7 Å². The van der Waals surface area contributed by atoms with E-state index in [0.29, 0.717) is 23.9 Å². The first-order valence-corrected chi connectivity index (χ1v) is 15.4. The van der Waals surface area contributed by atoms with Gasteiger partial charge in [0.05, 0.1) is 17.5 Å². The zero-order valence-corrected chi connectivity index (χ0v) is 25.3. The number of anilines is 1. The molecule has 1 aromatic carbocycles. The fourth-order valence-electron chi connectivity index (χ4n) is 9.28. The number of aromatic hydroxyl groups is 1. The second-order valence-electron chi connectivity index (χ2n) is 13.9. The molecule has 4 fully saturated rings. The molecule has 11 nitrogen and oxygen atoms in total. The van der Waals surface area contributed by atoms with Crippen LogP contribution in [0.5, 0.6) is 5.75 Å². The van der Waals surface area contributed by atoms with Crippen molar-refractivity contribution in [3.05, 3.63) is 22.8 Å². The minimum Gasteiger partial charge on any atom is -0.507 e. The highest BCUT2D eigenvalue weighted by Crippen LogP contribution is 2.52. The summed E-state index contributed by atoms with van der Waals surface area (Å²) in [5, 5.41) is 23.1. The molecule has 8 atom stereocenters. The van der Waals surface area contributed by atoms with Gasteiger partial charge >= 0.3 is 0 Å². The van der Waals surface area contributed by atoms with Crippen molar-refractivity contribution in [2.24, 2.45) is 41.2 Å². The molecule has 1 amide bonds. The van der Waals surface area contributed by atoms with Crippen LogP contribution < -0.4 is 10.6 Å². The molecule has 11 heteroatoms. The molecule has 232 valence electrons. The van der Waals surface area contributed by atoms with Crippen LogP contribution >= 0.6 is 0 Å². The summed E-state index contributed by atoms with van der Waals surface area (Å²) >= 11 is 0. The maximum absolute atomic E-state index is 14.1. The van der Waals surface area contributed by atoms with Crippen LogP contribution in [0, 0.1) is 35.5 Å². The summed E-state index contributed by atoms with van der Waals surface area (Å²) < 4.78 is 0. The second-order valence-corrected chi connectivity index (χ2v) is 13.9. The summed E-state index contributed by atoms with van der Waals surface area (Å²) in [6.07, 6.45) is 5.33. The molecule has 0 bridgehead atoms. The van der Waals surface area contributed by atoms with Gasteiger partial charge in [0.15, 0.2) is 34.7 Å². The highest BCUT2D eigenvalue weighted by molar-refractivity contribution is 6.32. The van der Waals surface area contributed by atoms with Crippen molar-refractivity contribution in [1.29, 1.82) is 0 Å². The van der Waals surface area contributed by atoms with Crippen molar-refractivity contribution in [2.75, 3.05) is 46.2 Å². The van der Waals surface area contributed by atoms with Crippen LogP contribution in [-0.4, -0.2) is 102 Å². The van der Waals surface area contributed by atoms with Gasteiger partial charge in [0.25, 0.3) is 0 Å². The Labute approximate surface area is 251 Å². The first kappa shape index (κ1) is 29.9. The predicted molar refractivity (Wildman–Crippen MR) is 156 cm³/mol. The number of ketones is 4. The molecule has 1 aromatic rings. The SMILES string of the molecule is CN(C)c1c(CN2CC3CCCCC3C2)cc(O)c2c1C[C@H]1C[C@H]3[C@H](N(C)C)C(=O)C(C(N)=O)C(=O)[C@@]3(O)C(=O)C1C2=O. The van der Waals surface area contributed by atoms with E-state index in [9.17, 15) is 34.2 Å². The van der Waals surface area contributed by atoms with Crippen molar-refractivity contribution in [2.45, 2.75) is 56.7 Å². The quantitative estimate of drug-likeness (QED) is 0.411. The fourth-order valence-corrected chi connectivity index (χ4v) is 9.28. The van der Waals surface area contributed by atoms with Gasteiger partial charge in [-0.1, -0.05) is 12.8 Å². The molecule has 0 aromatic heterocycles. The standard InChI is InChI=1S/C32H42N4O7/c1-34(2)25-18(14-36-12-15-7-5-6-8-16(15)13-36)11-21(37)23-19(25)9-17-10-20-26(35(3)4)28(39)24(31(33)42)30(41)32(20,43)29(40)22(17)27(23)38/h11,15-17,20,22,24,26,37,43H,5-10,12-14H2,1-4H3,(H2,33,42)/t15?,16?,17-,20-,22?,24?,26-,32-/m0/s1. The Bertz CT molecular complexity index is 1410. The second kappa shape index (κ2) is 10.5. The van der Waals surface area contributed by atoms with Gasteiger partial charge in [0, 0.05) is 45.3 Å². The lowest BCUT2D eigenvalue weighted by atomic mass is 9.52. The summed E-state index contributed by atoms with van der Waals surface area (Å²) in [7, 11) is 6.95. The summed E-state index contributed by atoms with van der Waals surface area (Å²) in [6, 6.07) is 0.503. The van der Waals surface area contributed by atoms with E-state index in [4.69, 9.17) is 5.73 Å². The van der Waals surface area contributed by atoms with E-state index >= 15 is 0 Å². The number of carbonyl (C=O) groups excluding carboxylic acids is 5. The Hall–Kier alpha value is -3.15. The van der Waals surface area contributed by atoms with Gasteiger partial charge in [-0.25, -0.2) is 0 Å². The molecule has 4 unspecified atom stereocenters. The average molecular weight is 595 g/mol. The minimum absolute atomic E-state index is 0.0362. The Kier molecular flexibility index (Phi) is 7.29. The van der Waals surface area contributed by atoms with Crippen LogP contribution in [-0.2, 0) is 32.1 Å². The van der Waals surface area contributed by atoms with Crippen LogP contribution in [0.15, 0.2) is 6.07 Å². The first-order chi connectivity index (χ1) is 20.3. The number of likely N-dealkylation sites (tertiary alicyclic amines) is 1. The zero-order chi connectivity index (χ0) is 31.1. The summed E-state index contributed by atoms with van der Waals surface area (Å²) in [4.78, 5) is 73.0. The lowest BCUT2D eigenvalue weighted by molar-refractivity contribution is -0.181. The van der Waals surface area contributed by atoms with E-state index in [1.165, 1.54) is 30.6 Å². The van der Waals surface area contributed by atoms with E-state index in [1.807, 2.05) is 19.0 Å². The molecule has 1 heterocycles. The van der Waals surface area contributed by atoms with Gasteiger partial charge in [-0.15, -0.1) is 0 Å². The number of aliphatic hydroxyl groups is 1. The number of benzene rings is 1. The Morgan fingerprint density at radius 1 is 1.02 bits per heavy atom. The number of phenols is 1. The molecule has 1 saturated heterocycles. The molecular weight excluding hydrogens is 552 g/mol. The van der Waals surface area contributed by atoms with Crippen molar-refractivity contribution in [3.63, 3.8) is 0 Å². The number of hydrogen-bond donors (Lipinski definition) is 3. The minimum atomic E-state index is -2.72. The van der Waals surface area contributed by atoms with Crippen LogP contribution in [0.25, 0.3) is 0 Å². The molecular formula is C32H42N4O7. The fraction of sp³-hybridized carbons (Fsp3) is 0.656. The number of likely N-dealkylation sites (N-methyl/N-ethyl adjacent to an activating group) is 1. The van der Waals surface area contributed by atoms with Crippen LogP contribution in [0.4, 0.5) is 5.69 Å². The average Bonchev–Trinajstić information content (AvgIpc) is 3.32. The topological polar surface area (TPSA) is 162 Å². The normalized spacial score (nSPS) is 35.8. The van der Waals surface area contributed by atoms with E-state index < -0.39 is 64.4 Å². The van der Waals surface area contributed by atoms with Gasteiger partial charge in [-0.3, -0.25) is 33.8 Å². The molecule has 43 heavy (non-hydrogen) atoms. The van der Waals surface area contributed by atoms with Gasteiger partial charge in [-0.05, 0) is 74.7 Å².